The second-order valence-corrected chi connectivity index (χ2v) is 14.3. The van der Waals surface area contributed by atoms with Crippen molar-refractivity contribution in [1.82, 2.24) is 0 Å². The molecule has 0 saturated carbocycles. The van der Waals surface area contributed by atoms with Crippen molar-refractivity contribution in [2.24, 2.45) is 0 Å². The molecule has 240 valence electrons. The first-order valence-corrected chi connectivity index (χ1v) is 18.1. The molecule has 10 aromatic rings. The molecule has 12 rings (SSSR count). The molecular formula is C51H30O. The maximum atomic E-state index is 6.76. The molecule has 0 radical (unpaired) electrons. The summed E-state index contributed by atoms with van der Waals surface area (Å²) in [6, 6.07) is 67.3. The van der Waals surface area contributed by atoms with Gasteiger partial charge in [-0.2, -0.15) is 0 Å². The highest BCUT2D eigenvalue weighted by molar-refractivity contribution is 6.16. The van der Waals surface area contributed by atoms with Crippen LogP contribution in [0.2, 0.25) is 0 Å². The topological polar surface area (TPSA) is 13.1 Å². The number of furan rings is 1. The molecule has 2 aliphatic carbocycles. The van der Waals surface area contributed by atoms with E-state index in [1.54, 1.807) is 0 Å². The second kappa shape index (κ2) is 10.2. The summed E-state index contributed by atoms with van der Waals surface area (Å²) >= 11 is 0. The number of hydrogen-bond acceptors (Lipinski definition) is 1. The van der Waals surface area contributed by atoms with Gasteiger partial charge in [-0.25, -0.2) is 0 Å². The van der Waals surface area contributed by atoms with E-state index in [0.717, 1.165) is 32.9 Å². The number of fused-ring (bicyclic) bond motifs is 17. The highest BCUT2D eigenvalue weighted by Crippen LogP contribution is 2.66. The van der Waals surface area contributed by atoms with E-state index >= 15 is 0 Å². The Labute approximate surface area is 301 Å². The molecule has 0 unspecified atom stereocenters. The van der Waals surface area contributed by atoms with Crippen LogP contribution in [0.5, 0.6) is 0 Å². The average molecular weight is 659 g/mol. The van der Waals surface area contributed by atoms with Gasteiger partial charge in [0.25, 0.3) is 0 Å². The smallest absolute Gasteiger partial charge is 0.143 e. The molecule has 2 aliphatic rings. The van der Waals surface area contributed by atoms with Crippen LogP contribution >= 0.6 is 0 Å². The van der Waals surface area contributed by atoms with E-state index in [0.29, 0.717) is 0 Å². The zero-order valence-electron chi connectivity index (χ0n) is 28.2. The molecule has 0 aliphatic heterocycles. The van der Waals surface area contributed by atoms with Crippen LogP contribution in [-0.2, 0) is 5.41 Å². The Morgan fingerprint density at radius 1 is 0.346 bits per heavy atom. The first-order valence-electron chi connectivity index (χ1n) is 18.1. The summed E-state index contributed by atoms with van der Waals surface area (Å²) in [6.45, 7) is 0. The highest BCUT2D eigenvalue weighted by atomic mass is 16.3. The van der Waals surface area contributed by atoms with Crippen LogP contribution in [0.25, 0.3) is 88.0 Å². The third-order valence-electron chi connectivity index (χ3n) is 11.9. The molecule has 0 bridgehead atoms. The van der Waals surface area contributed by atoms with Crippen molar-refractivity contribution < 1.29 is 4.42 Å². The van der Waals surface area contributed by atoms with E-state index in [-0.39, 0.29) is 0 Å². The maximum Gasteiger partial charge on any atom is 0.143 e. The zero-order valence-corrected chi connectivity index (χ0v) is 28.2. The molecule has 0 saturated heterocycles. The standard InChI is InChI=1S/C51H30O/c1-2-12-31(13-3-1)33-23-27-42-46(29-33)51(44-20-10-8-18-38(44)39-19-9-11-21-45(39)51)49-36-16-6-5-15-34(36)28-43(48(42)49)35-24-25-40-41-26-22-32-14-4-7-17-37(32)50(41)52-47(40)30-35/h1-30H. The largest absolute Gasteiger partial charge is 0.455 e. The molecule has 1 aromatic heterocycles. The van der Waals surface area contributed by atoms with Crippen molar-refractivity contribution >= 4 is 43.5 Å². The Balaban J connectivity index is 1.22. The Morgan fingerprint density at radius 2 is 1.00 bits per heavy atom. The van der Waals surface area contributed by atoms with Gasteiger partial charge in [-0.1, -0.05) is 152 Å². The van der Waals surface area contributed by atoms with E-state index in [4.69, 9.17) is 4.42 Å². The Bertz CT molecular complexity index is 3080. The highest BCUT2D eigenvalue weighted by Gasteiger charge is 2.53. The molecule has 1 heteroatoms. The minimum atomic E-state index is -0.485. The van der Waals surface area contributed by atoms with Crippen LogP contribution < -0.4 is 0 Å². The van der Waals surface area contributed by atoms with Gasteiger partial charge in [0.2, 0.25) is 0 Å². The second-order valence-electron chi connectivity index (χ2n) is 14.3. The molecule has 0 atom stereocenters. The van der Waals surface area contributed by atoms with E-state index in [2.05, 4.69) is 182 Å². The summed E-state index contributed by atoms with van der Waals surface area (Å²) in [4.78, 5) is 0. The molecule has 0 fully saturated rings. The Hall–Kier alpha value is -6.70. The van der Waals surface area contributed by atoms with Gasteiger partial charge in [0.05, 0.1) is 5.41 Å². The van der Waals surface area contributed by atoms with Gasteiger partial charge in [-0.05, 0) is 113 Å². The fraction of sp³-hybridized carbons (Fsp3) is 0.0196. The average Bonchev–Trinajstić information content (AvgIpc) is 3.85. The summed E-state index contributed by atoms with van der Waals surface area (Å²) in [6.07, 6.45) is 0. The van der Waals surface area contributed by atoms with Gasteiger partial charge < -0.3 is 4.42 Å². The predicted octanol–water partition coefficient (Wildman–Crippen LogP) is 13.6. The molecular weight excluding hydrogens is 629 g/mol. The first-order chi connectivity index (χ1) is 25.8. The van der Waals surface area contributed by atoms with Crippen molar-refractivity contribution in [2.75, 3.05) is 0 Å². The number of hydrogen-bond donors (Lipinski definition) is 0. The van der Waals surface area contributed by atoms with Crippen LogP contribution in [0.3, 0.4) is 0 Å². The van der Waals surface area contributed by atoms with Crippen molar-refractivity contribution in [3.63, 3.8) is 0 Å². The SMILES string of the molecule is c1ccc(-c2ccc3c(c2)C2(c4ccccc4-c4ccccc42)c2c-3c(-c3ccc4c(c3)oc3c5ccccc5ccc43)cc3ccccc23)cc1. The lowest BCUT2D eigenvalue weighted by Gasteiger charge is -2.32. The summed E-state index contributed by atoms with van der Waals surface area (Å²) in [5, 5.41) is 7.17. The van der Waals surface area contributed by atoms with E-state index in [1.807, 2.05) is 0 Å². The molecule has 1 heterocycles. The fourth-order valence-electron chi connectivity index (χ4n) is 9.73. The van der Waals surface area contributed by atoms with Gasteiger partial charge in [0.15, 0.2) is 0 Å². The van der Waals surface area contributed by atoms with E-state index in [9.17, 15) is 0 Å². The summed E-state index contributed by atoms with van der Waals surface area (Å²) in [5.74, 6) is 0. The fourth-order valence-corrected chi connectivity index (χ4v) is 9.73. The van der Waals surface area contributed by atoms with Crippen LogP contribution in [0.1, 0.15) is 22.3 Å². The van der Waals surface area contributed by atoms with Crippen LogP contribution in [0.15, 0.2) is 186 Å². The Kier molecular flexibility index (Phi) is 5.49. The van der Waals surface area contributed by atoms with E-state index in [1.165, 1.54) is 77.4 Å². The van der Waals surface area contributed by atoms with Crippen LogP contribution in [0, 0.1) is 0 Å². The van der Waals surface area contributed by atoms with E-state index < -0.39 is 5.41 Å². The van der Waals surface area contributed by atoms with Gasteiger partial charge >= 0.3 is 0 Å². The minimum absolute atomic E-state index is 0.485. The number of rotatable bonds is 2. The quantitative estimate of drug-likeness (QED) is 0.180. The summed E-state index contributed by atoms with van der Waals surface area (Å²) < 4.78 is 6.76. The van der Waals surface area contributed by atoms with Gasteiger partial charge in [-0.3, -0.25) is 0 Å². The minimum Gasteiger partial charge on any atom is -0.455 e. The van der Waals surface area contributed by atoms with Crippen molar-refractivity contribution in [3.05, 3.63) is 204 Å². The molecule has 1 nitrogen and oxygen atoms in total. The monoisotopic (exact) mass is 658 g/mol. The lowest BCUT2D eigenvalue weighted by atomic mass is 9.69. The van der Waals surface area contributed by atoms with Crippen molar-refractivity contribution in [2.45, 2.75) is 5.41 Å². The molecule has 1 spiro atoms. The third-order valence-corrected chi connectivity index (χ3v) is 11.9. The zero-order chi connectivity index (χ0) is 34.0. The molecule has 9 aromatic carbocycles. The molecule has 52 heavy (non-hydrogen) atoms. The third kappa shape index (κ3) is 3.52. The first kappa shape index (κ1) is 28.0. The summed E-state index contributed by atoms with van der Waals surface area (Å²) in [5.41, 5.74) is 16.9. The van der Waals surface area contributed by atoms with Crippen LogP contribution in [-0.4, -0.2) is 0 Å². The van der Waals surface area contributed by atoms with Gasteiger partial charge in [0.1, 0.15) is 11.2 Å². The maximum absolute atomic E-state index is 6.76. The summed E-state index contributed by atoms with van der Waals surface area (Å²) in [7, 11) is 0. The normalized spacial score (nSPS) is 13.5. The predicted molar refractivity (Wildman–Crippen MR) is 216 cm³/mol. The molecule has 0 N–H and O–H groups in total. The lowest BCUT2D eigenvalue weighted by molar-refractivity contribution is 0.673. The Morgan fingerprint density at radius 3 is 1.81 bits per heavy atom. The lowest BCUT2D eigenvalue weighted by Crippen LogP contribution is -2.26. The van der Waals surface area contributed by atoms with Gasteiger partial charge in [-0.15, -0.1) is 0 Å². The number of benzene rings is 9. The van der Waals surface area contributed by atoms with Crippen molar-refractivity contribution in [1.29, 1.82) is 0 Å². The molecule has 0 amide bonds. The van der Waals surface area contributed by atoms with Crippen LogP contribution in [0.4, 0.5) is 0 Å². The van der Waals surface area contributed by atoms with Gasteiger partial charge in [0, 0.05) is 16.2 Å². The van der Waals surface area contributed by atoms with Crippen molar-refractivity contribution in [3.8, 4) is 44.5 Å².